The molecule has 2 rings (SSSR count). The summed E-state index contributed by atoms with van der Waals surface area (Å²) in [6.07, 6.45) is 3.79. The van der Waals surface area contributed by atoms with Crippen molar-refractivity contribution in [1.29, 1.82) is 0 Å². The van der Waals surface area contributed by atoms with Gasteiger partial charge in [-0.05, 0) is 55.0 Å². The summed E-state index contributed by atoms with van der Waals surface area (Å²) in [6.45, 7) is 4.45. The summed E-state index contributed by atoms with van der Waals surface area (Å²) >= 11 is 0. The maximum atomic E-state index is 11.9. The number of ketones is 1. The molecule has 0 aliphatic carbocycles. The lowest BCUT2D eigenvalue weighted by Gasteiger charge is -2.09. The molecule has 0 aromatic heterocycles. The summed E-state index contributed by atoms with van der Waals surface area (Å²) in [5.74, 6) is 1.27. The van der Waals surface area contributed by atoms with E-state index in [1.807, 2.05) is 12.1 Å². The van der Waals surface area contributed by atoms with Crippen LogP contribution in [0.1, 0.15) is 49.9 Å². The first-order valence-corrected chi connectivity index (χ1v) is 9.32. The average Bonchev–Trinajstić information content (AvgIpc) is 2.70. The zero-order valence-corrected chi connectivity index (χ0v) is 15.9. The number of Topliss-reactive ketones (excluding diaryl/α,β-unsaturated/α-hetero) is 1. The third-order valence-electron chi connectivity index (χ3n) is 3.93. The van der Waals surface area contributed by atoms with E-state index in [-0.39, 0.29) is 12.4 Å². The fourth-order valence-corrected chi connectivity index (χ4v) is 2.39. The molecule has 0 aliphatic rings. The molecule has 0 amide bonds. The number of carbonyl (C=O) groups is 2. The molecule has 0 saturated carbocycles. The first kappa shape index (κ1) is 20.5. The second-order valence-electron chi connectivity index (χ2n) is 6.09. The lowest BCUT2D eigenvalue weighted by molar-refractivity contribution is -0.136. The van der Waals surface area contributed by atoms with Crippen molar-refractivity contribution in [1.82, 2.24) is 0 Å². The molecule has 0 aliphatic heterocycles. The molecule has 0 fully saturated rings. The lowest BCUT2D eigenvalue weighted by atomic mass is 10.1. The van der Waals surface area contributed by atoms with Gasteiger partial charge in [0.25, 0.3) is 0 Å². The van der Waals surface area contributed by atoms with Gasteiger partial charge >= 0.3 is 5.97 Å². The van der Waals surface area contributed by atoms with Crippen LogP contribution in [0.25, 0.3) is 0 Å². The zero-order chi connectivity index (χ0) is 19.5. The van der Waals surface area contributed by atoms with Gasteiger partial charge in [-0.25, -0.2) is 4.79 Å². The van der Waals surface area contributed by atoms with Crippen molar-refractivity contribution in [3.8, 4) is 17.2 Å². The Balaban J connectivity index is 1.75. The zero-order valence-electron chi connectivity index (χ0n) is 15.9. The number of hydrogen-bond acceptors (Lipinski definition) is 5. The normalized spacial score (nSPS) is 10.3. The standard InChI is InChI=1S/C22H26O5/c1-3-5-6-15-25-18-11-13-19(14-12-18)26-16-22(24)27-20-9-7-17(8-10-20)21(23)4-2/h7-14H,3-6,15-16H2,1-2H3. The van der Waals surface area contributed by atoms with E-state index in [4.69, 9.17) is 14.2 Å². The van der Waals surface area contributed by atoms with E-state index in [0.717, 1.165) is 25.0 Å². The molecule has 2 aromatic carbocycles. The van der Waals surface area contributed by atoms with Crippen LogP contribution < -0.4 is 14.2 Å². The van der Waals surface area contributed by atoms with Crippen LogP contribution in [0.5, 0.6) is 17.2 Å². The van der Waals surface area contributed by atoms with Crippen molar-refractivity contribution >= 4 is 11.8 Å². The maximum Gasteiger partial charge on any atom is 0.349 e. The molecule has 0 heterocycles. The maximum absolute atomic E-state index is 11.9. The molecule has 0 atom stereocenters. The minimum atomic E-state index is -0.510. The fourth-order valence-electron chi connectivity index (χ4n) is 2.39. The molecule has 5 heteroatoms. The Morgan fingerprint density at radius 3 is 1.96 bits per heavy atom. The number of ether oxygens (including phenoxy) is 3. The third-order valence-corrected chi connectivity index (χ3v) is 3.93. The van der Waals surface area contributed by atoms with Gasteiger partial charge in [0.2, 0.25) is 0 Å². The monoisotopic (exact) mass is 370 g/mol. The Labute approximate surface area is 160 Å². The summed E-state index contributed by atoms with van der Waals surface area (Å²) < 4.78 is 16.3. The Morgan fingerprint density at radius 1 is 0.778 bits per heavy atom. The lowest BCUT2D eigenvalue weighted by Crippen LogP contribution is -2.17. The number of hydrogen-bond donors (Lipinski definition) is 0. The number of benzene rings is 2. The molecule has 0 spiro atoms. The van der Waals surface area contributed by atoms with Crippen molar-refractivity contribution in [2.24, 2.45) is 0 Å². The van der Waals surface area contributed by atoms with Gasteiger partial charge in [0, 0.05) is 12.0 Å². The number of carbonyl (C=O) groups excluding carboxylic acids is 2. The molecule has 2 aromatic rings. The molecule has 27 heavy (non-hydrogen) atoms. The Morgan fingerprint density at radius 2 is 1.37 bits per heavy atom. The van der Waals surface area contributed by atoms with Crippen LogP contribution in [0.2, 0.25) is 0 Å². The summed E-state index contributed by atoms with van der Waals surface area (Å²) in [5, 5.41) is 0. The second-order valence-corrected chi connectivity index (χ2v) is 6.09. The highest BCUT2D eigenvalue weighted by atomic mass is 16.6. The van der Waals surface area contributed by atoms with E-state index in [0.29, 0.717) is 30.1 Å². The first-order chi connectivity index (χ1) is 13.1. The number of unbranched alkanes of at least 4 members (excludes halogenated alkanes) is 2. The van der Waals surface area contributed by atoms with E-state index in [1.54, 1.807) is 43.3 Å². The fraction of sp³-hybridized carbons (Fsp3) is 0.364. The van der Waals surface area contributed by atoms with E-state index >= 15 is 0 Å². The molecule has 0 radical (unpaired) electrons. The summed E-state index contributed by atoms with van der Waals surface area (Å²) in [7, 11) is 0. The van der Waals surface area contributed by atoms with Crippen LogP contribution in [0.3, 0.4) is 0 Å². The SMILES string of the molecule is CCCCCOc1ccc(OCC(=O)Oc2ccc(C(=O)CC)cc2)cc1. The van der Waals surface area contributed by atoms with Gasteiger partial charge in [-0.3, -0.25) is 4.79 Å². The van der Waals surface area contributed by atoms with E-state index < -0.39 is 5.97 Å². The van der Waals surface area contributed by atoms with Gasteiger partial charge in [0.15, 0.2) is 12.4 Å². The van der Waals surface area contributed by atoms with Crippen LogP contribution in [0, 0.1) is 0 Å². The predicted molar refractivity (Wildman–Crippen MR) is 104 cm³/mol. The topological polar surface area (TPSA) is 61.8 Å². The molecule has 144 valence electrons. The quantitative estimate of drug-likeness (QED) is 0.245. The van der Waals surface area contributed by atoms with Gasteiger partial charge < -0.3 is 14.2 Å². The van der Waals surface area contributed by atoms with E-state index in [2.05, 4.69) is 6.92 Å². The molecular formula is C22H26O5. The molecule has 0 bridgehead atoms. The summed E-state index contributed by atoms with van der Waals surface area (Å²) in [4.78, 5) is 23.5. The van der Waals surface area contributed by atoms with Crippen LogP contribution in [-0.2, 0) is 4.79 Å². The highest BCUT2D eigenvalue weighted by Gasteiger charge is 2.08. The first-order valence-electron chi connectivity index (χ1n) is 9.32. The molecular weight excluding hydrogens is 344 g/mol. The van der Waals surface area contributed by atoms with Crippen LogP contribution >= 0.6 is 0 Å². The van der Waals surface area contributed by atoms with Crippen molar-refractivity contribution in [3.63, 3.8) is 0 Å². The van der Waals surface area contributed by atoms with Crippen molar-refractivity contribution in [2.45, 2.75) is 39.5 Å². The Kier molecular flexibility index (Phi) is 8.36. The highest BCUT2D eigenvalue weighted by Crippen LogP contribution is 2.18. The van der Waals surface area contributed by atoms with Gasteiger partial charge in [0.05, 0.1) is 6.61 Å². The largest absolute Gasteiger partial charge is 0.494 e. The van der Waals surface area contributed by atoms with E-state index in [1.165, 1.54) is 0 Å². The summed E-state index contributed by atoms with van der Waals surface area (Å²) in [5.41, 5.74) is 0.602. The summed E-state index contributed by atoms with van der Waals surface area (Å²) in [6, 6.07) is 13.6. The van der Waals surface area contributed by atoms with Gasteiger partial charge in [-0.2, -0.15) is 0 Å². The van der Waals surface area contributed by atoms with E-state index in [9.17, 15) is 9.59 Å². The molecule has 0 saturated heterocycles. The molecule has 0 unspecified atom stereocenters. The minimum absolute atomic E-state index is 0.0500. The average molecular weight is 370 g/mol. The number of rotatable bonds is 11. The van der Waals surface area contributed by atoms with Crippen LogP contribution in [-0.4, -0.2) is 25.0 Å². The van der Waals surface area contributed by atoms with Gasteiger partial charge in [0.1, 0.15) is 17.2 Å². The Hall–Kier alpha value is -2.82. The number of esters is 1. The highest BCUT2D eigenvalue weighted by molar-refractivity contribution is 5.95. The van der Waals surface area contributed by atoms with Crippen molar-refractivity contribution in [2.75, 3.05) is 13.2 Å². The Bertz CT molecular complexity index is 719. The molecule has 0 N–H and O–H groups in total. The molecule has 5 nitrogen and oxygen atoms in total. The van der Waals surface area contributed by atoms with Crippen LogP contribution in [0.15, 0.2) is 48.5 Å². The predicted octanol–water partition coefficient (Wildman–Crippen LogP) is 4.83. The van der Waals surface area contributed by atoms with Crippen LogP contribution in [0.4, 0.5) is 0 Å². The van der Waals surface area contributed by atoms with Crippen molar-refractivity contribution < 1.29 is 23.8 Å². The third kappa shape index (κ3) is 7.13. The van der Waals surface area contributed by atoms with Crippen molar-refractivity contribution in [3.05, 3.63) is 54.1 Å². The smallest absolute Gasteiger partial charge is 0.349 e. The minimum Gasteiger partial charge on any atom is -0.494 e. The second kappa shape index (κ2) is 11.0. The van der Waals surface area contributed by atoms with Gasteiger partial charge in [-0.15, -0.1) is 0 Å². The van der Waals surface area contributed by atoms with Gasteiger partial charge in [-0.1, -0.05) is 26.7 Å².